The third kappa shape index (κ3) is 3.04. The largest absolute Gasteiger partial charge is 0.486 e. The van der Waals surface area contributed by atoms with Crippen molar-refractivity contribution in [3.8, 4) is 5.75 Å². The third-order valence-electron chi connectivity index (χ3n) is 3.15. The number of hydrogen-bond acceptors (Lipinski definition) is 4. The zero-order valence-electron chi connectivity index (χ0n) is 11.5. The van der Waals surface area contributed by atoms with E-state index in [1.165, 1.54) is 12.1 Å². The lowest BCUT2D eigenvalue weighted by Gasteiger charge is -2.13. The summed E-state index contributed by atoms with van der Waals surface area (Å²) in [6.07, 6.45) is 0. The molecular weight excluding hydrogens is 287 g/mol. The number of nitrogens with two attached hydrogens (primary N) is 1. The summed E-state index contributed by atoms with van der Waals surface area (Å²) >= 11 is 1.59. The van der Waals surface area contributed by atoms with Gasteiger partial charge in [-0.05, 0) is 37.3 Å². The number of halogens is 1. The SMILES string of the molecule is C[C@@H](N)c1cc(F)ccc1OCc1nc2ccccc2s1. The normalized spacial score (nSPS) is 12.5. The number of hydrogen-bond donors (Lipinski definition) is 1. The zero-order chi connectivity index (χ0) is 14.8. The van der Waals surface area contributed by atoms with E-state index in [0.717, 1.165) is 15.2 Å². The molecule has 0 unspecified atom stereocenters. The molecule has 2 N–H and O–H groups in total. The number of para-hydroxylation sites is 1. The van der Waals surface area contributed by atoms with Crippen LogP contribution < -0.4 is 10.5 Å². The van der Waals surface area contributed by atoms with Crippen molar-refractivity contribution in [2.24, 2.45) is 5.73 Å². The summed E-state index contributed by atoms with van der Waals surface area (Å²) in [6.45, 7) is 2.16. The van der Waals surface area contributed by atoms with Gasteiger partial charge in [-0.3, -0.25) is 0 Å². The van der Waals surface area contributed by atoms with E-state index in [4.69, 9.17) is 10.5 Å². The van der Waals surface area contributed by atoms with Crippen LogP contribution in [0, 0.1) is 5.82 Å². The Kier molecular flexibility index (Phi) is 3.86. The van der Waals surface area contributed by atoms with Crippen molar-refractivity contribution < 1.29 is 9.13 Å². The Hall–Kier alpha value is -1.98. The van der Waals surface area contributed by atoms with E-state index in [1.54, 1.807) is 24.3 Å². The van der Waals surface area contributed by atoms with Crippen LogP contribution in [0.25, 0.3) is 10.2 Å². The molecule has 108 valence electrons. The predicted molar refractivity (Wildman–Crippen MR) is 83.0 cm³/mol. The molecule has 0 saturated heterocycles. The van der Waals surface area contributed by atoms with Crippen molar-refractivity contribution in [2.75, 3.05) is 0 Å². The van der Waals surface area contributed by atoms with Gasteiger partial charge in [0.15, 0.2) is 0 Å². The summed E-state index contributed by atoms with van der Waals surface area (Å²) in [7, 11) is 0. The van der Waals surface area contributed by atoms with Crippen molar-refractivity contribution in [3.63, 3.8) is 0 Å². The van der Waals surface area contributed by atoms with Crippen LogP contribution in [-0.4, -0.2) is 4.98 Å². The minimum absolute atomic E-state index is 0.286. The minimum Gasteiger partial charge on any atom is -0.486 e. The molecular formula is C16H15FN2OS. The molecule has 0 radical (unpaired) electrons. The fourth-order valence-electron chi connectivity index (χ4n) is 2.13. The lowest BCUT2D eigenvalue weighted by atomic mass is 10.1. The van der Waals surface area contributed by atoms with Gasteiger partial charge in [0.05, 0.1) is 10.2 Å². The minimum atomic E-state index is -0.311. The smallest absolute Gasteiger partial charge is 0.140 e. The fourth-order valence-corrected chi connectivity index (χ4v) is 3.01. The van der Waals surface area contributed by atoms with Crippen LogP contribution >= 0.6 is 11.3 Å². The molecule has 3 rings (SSSR count). The Morgan fingerprint density at radius 2 is 2.10 bits per heavy atom. The molecule has 2 aromatic carbocycles. The number of nitrogens with zero attached hydrogens (tertiary/aromatic N) is 1. The van der Waals surface area contributed by atoms with Gasteiger partial charge in [-0.1, -0.05) is 12.1 Å². The third-order valence-corrected chi connectivity index (χ3v) is 4.16. The number of fused-ring (bicyclic) bond motifs is 1. The van der Waals surface area contributed by atoms with Crippen molar-refractivity contribution in [3.05, 3.63) is 58.9 Å². The summed E-state index contributed by atoms with van der Waals surface area (Å²) in [6, 6.07) is 12.1. The van der Waals surface area contributed by atoms with Crippen LogP contribution in [0.15, 0.2) is 42.5 Å². The predicted octanol–water partition coefficient (Wildman–Crippen LogP) is 4.03. The maximum atomic E-state index is 13.3. The topological polar surface area (TPSA) is 48.1 Å². The number of rotatable bonds is 4. The van der Waals surface area contributed by atoms with Gasteiger partial charge in [0, 0.05) is 11.6 Å². The molecule has 1 heterocycles. The molecule has 5 heteroatoms. The van der Waals surface area contributed by atoms with E-state index in [9.17, 15) is 4.39 Å². The van der Waals surface area contributed by atoms with Gasteiger partial charge in [-0.2, -0.15) is 0 Å². The summed E-state index contributed by atoms with van der Waals surface area (Å²) < 4.78 is 20.2. The lowest BCUT2D eigenvalue weighted by Crippen LogP contribution is -2.08. The molecule has 0 amide bonds. The second-order valence-electron chi connectivity index (χ2n) is 4.83. The molecule has 0 spiro atoms. The first-order chi connectivity index (χ1) is 10.1. The summed E-state index contributed by atoms with van der Waals surface area (Å²) in [4.78, 5) is 4.51. The number of ether oxygens (including phenoxy) is 1. The zero-order valence-corrected chi connectivity index (χ0v) is 12.4. The average molecular weight is 302 g/mol. The molecule has 1 atom stereocenters. The van der Waals surface area contributed by atoms with Gasteiger partial charge >= 0.3 is 0 Å². The maximum Gasteiger partial charge on any atom is 0.140 e. The van der Waals surface area contributed by atoms with E-state index >= 15 is 0 Å². The van der Waals surface area contributed by atoms with Gasteiger partial charge in [0.1, 0.15) is 23.2 Å². The average Bonchev–Trinajstić information content (AvgIpc) is 2.88. The Bertz CT molecular complexity index is 737. The second kappa shape index (κ2) is 5.79. The highest BCUT2D eigenvalue weighted by atomic mass is 32.1. The van der Waals surface area contributed by atoms with E-state index in [2.05, 4.69) is 4.98 Å². The molecule has 0 saturated carbocycles. The van der Waals surface area contributed by atoms with E-state index < -0.39 is 0 Å². The molecule has 21 heavy (non-hydrogen) atoms. The lowest BCUT2D eigenvalue weighted by molar-refractivity contribution is 0.300. The summed E-state index contributed by atoms with van der Waals surface area (Å²) in [5.74, 6) is 0.292. The number of benzene rings is 2. The summed E-state index contributed by atoms with van der Waals surface area (Å²) in [5, 5.41) is 0.885. The van der Waals surface area contributed by atoms with E-state index in [0.29, 0.717) is 17.9 Å². The van der Waals surface area contributed by atoms with Crippen LogP contribution in [0.2, 0.25) is 0 Å². The van der Waals surface area contributed by atoms with Crippen LogP contribution in [0.4, 0.5) is 4.39 Å². The first-order valence-corrected chi connectivity index (χ1v) is 7.47. The Balaban J connectivity index is 1.81. The van der Waals surface area contributed by atoms with Crippen LogP contribution in [0.3, 0.4) is 0 Å². The maximum absolute atomic E-state index is 13.3. The van der Waals surface area contributed by atoms with E-state index in [-0.39, 0.29) is 11.9 Å². The first-order valence-electron chi connectivity index (χ1n) is 6.66. The quantitative estimate of drug-likeness (QED) is 0.791. The number of thiazole rings is 1. The molecule has 1 aromatic heterocycles. The molecule has 0 aliphatic carbocycles. The molecule has 0 aliphatic rings. The molecule has 0 fully saturated rings. The van der Waals surface area contributed by atoms with Crippen molar-refractivity contribution >= 4 is 21.6 Å². The van der Waals surface area contributed by atoms with Crippen molar-refractivity contribution in [2.45, 2.75) is 19.6 Å². The molecule has 3 nitrogen and oxygen atoms in total. The summed E-state index contributed by atoms with van der Waals surface area (Å²) in [5.41, 5.74) is 7.48. The van der Waals surface area contributed by atoms with Crippen LogP contribution in [0.1, 0.15) is 23.5 Å². The van der Waals surface area contributed by atoms with E-state index in [1.807, 2.05) is 24.3 Å². The highest BCUT2D eigenvalue weighted by Gasteiger charge is 2.11. The standard InChI is InChI=1S/C16H15FN2OS/c1-10(18)12-8-11(17)6-7-14(12)20-9-16-19-13-4-2-3-5-15(13)21-16/h2-8,10H,9,18H2,1H3/t10-/m1/s1. The highest BCUT2D eigenvalue weighted by molar-refractivity contribution is 7.18. The Morgan fingerprint density at radius 3 is 2.86 bits per heavy atom. The molecule has 0 bridgehead atoms. The van der Waals surface area contributed by atoms with Gasteiger partial charge in [-0.25, -0.2) is 9.37 Å². The van der Waals surface area contributed by atoms with Crippen molar-refractivity contribution in [1.29, 1.82) is 0 Å². The van der Waals surface area contributed by atoms with Crippen LogP contribution in [0.5, 0.6) is 5.75 Å². The van der Waals surface area contributed by atoms with Gasteiger partial charge in [-0.15, -0.1) is 11.3 Å². The fraction of sp³-hybridized carbons (Fsp3) is 0.188. The Labute approximate surface area is 126 Å². The monoisotopic (exact) mass is 302 g/mol. The second-order valence-corrected chi connectivity index (χ2v) is 5.95. The Morgan fingerprint density at radius 1 is 1.29 bits per heavy atom. The van der Waals surface area contributed by atoms with Gasteiger partial charge in [0.2, 0.25) is 0 Å². The van der Waals surface area contributed by atoms with Gasteiger partial charge < -0.3 is 10.5 Å². The molecule has 3 aromatic rings. The van der Waals surface area contributed by atoms with Crippen molar-refractivity contribution in [1.82, 2.24) is 4.98 Å². The first kappa shape index (κ1) is 14.0. The van der Waals surface area contributed by atoms with Crippen LogP contribution in [-0.2, 0) is 6.61 Å². The molecule has 0 aliphatic heterocycles. The van der Waals surface area contributed by atoms with Gasteiger partial charge in [0.25, 0.3) is 0 Å². The highest BCUT2D eigenvalue weighted by Crippen LogP contribution is 2.27. The number of aromatic nitrogens is 1.